The van der Waals surface area contributed by atoms with Crippen molar-refractivity contribution in [2.75, 3.05) is 11.4 Å². The van der Waals surface area contributed by atoms with Crippen LogP contribution in [0.15, 0.2) is 60.7 Å². The number of hydrogen-bond acceptors (Lipinski definition) is 3. The minimum absolute atomic E-state index is 0.159. The van der Waals surface area contributed by atoms with Gasteiger partial charge in [-0.05, 0) is 69.9 Å². The van der Waals surface area contributed by atoms with Crippen LogP contribution in [-0.2, 0) is 4.79 Å². The van der Waals surface area contributed by atoms with Gasteiger partial charge in [-0.1, -0.05) is 42.0 Å². The number of nitrogens with one attached hydrogen (secondary N) is 1. The molecule has 36 heavy (non-hydrogen) atoms. The Morgan fingerprint density at radius 3 is 2.58 bits per heavy atom. The first-order valence-corrected chi connectivity index (χ1v) is 12.6. The Kier molecular flexibility index (Phi) is 6.48. The molecule has 1 N–H and O–H groups in total. The average molecular weight is 487 g/mol. The first-order valence-electron chi connectivity index (χ1n) is 12.6. The van der Waals surface area contributed by atoms with Gasteiger partial charge in [0.25, 0.3) is 11.8 Å². The van der Waals surface area contributed by atoms with Crippen LogP contribution in [0.25, 0.3) is 0 Å². The van der Waals surface area contributed by atoms with Crippen LogP contribution in [-0.4, -0.2) is 34.2 Å². The number of rotatable bonds is 5. The van der Waals surface area contributed by atoms with Crippen molar-refractivity contribution in [1.29, 1.82) is 0 Å². The lowest BCUT2D eigenvalue weighted by Crippen LogP contribution is -2.55. The van der Waals surface area contributed by atoms with Gasteiger partial charge in [-0.15, -0.1) is 0 Å². The third kappa shape index (κ3) is 4.23. The molecule has 3 atom stereocenters. The smallest absolute Gasteiger partial charge is 0.251 e. The Labute approximate surface area is 210 Å². The van der Waals surface area contributed by atoms with Crippen molar-refractivity contribution in [2.45, 2.75) is 58.0 Å². The first kappa shape index (κ1) is 24.0. The maximum Gasteiger partial charge on any atom is 0.251 e. The summed E-state index contributed by atoms with van der Waals surface area (Å²) in [6, 6.07) is 12.8. The minimum atomic E-state index is -0.849. The van der Waals surface area contributed by atoms with Gasteiger partial charge in [0.05, 0.1) is 11.7 Å². The van der Waals surface area contributed by atoms with Crippen LogP contribution in [0.2, 0.25) is 0 Å². The fraction of sp³-hybridized carbons (Fsp3) is 0.345. The Bertz CT molecular complexity index is 1330. The molecule has 0 saturated carbocycles. The van der Waals surface area contributed by atoms with E-state index in [-0.39, 0.29) is 23.7 Å². The third-order valence-electron chi connectivity index (χ3n) is 7.24. The molecule has 0 radical (unpaired) electrons. The number of benzene rings is 2. The number of halogens is 1. The largest absolute Gasteiger partial charge is 0.339 e. The van der Waals surface area contributed by atoms with Crippen molar-refractivity contribution in [3.63, 3.8) is 0 Å². The van der Waals surface area contributed by atoms with Crippen LogP contribution in [0.1, 0.15) is 70.9 Å². The molecular weight excluding hydrogens is 455 g/mol. The van der Waals surface area contributed by atoms with Gasteiger partial charge in [0, 0.05) is 23.6 Å². The van der Waals surface area contributed by atoms with E-state index in [4.69, 9.17) is 5.10 Å². The Hall–Kier alpha value is -3.74. The number of aromatic nitrogens is 2. The maximum atomic E-state index is 14.0. The predicted molar refractivity (Wildman–Crippen MR) is 138 cm³/mol. The summed E-state index contributed by atoms with van der Waals surface area (Å²) in [6.45, 7) is 6.26. The van der Waals surface area contributed by atoms with Crippen molar-refractivity contribution >= 4 is 17.6 Å². The van der Waals surface area contributed by atoms with E-state index < -0.39 is 12.0 Å². The third-order valence-corrected chi connectivity index (χ3v) is 7.24. The summed E-state index contributed by atoms with van der Waals surface area (Å²) in [5.41, 5.74) is 3.95. The highest BCUT2D eigenvalue weighted by Crippen LogP contribution is 2.44. The quantitative estimate of drug-likeness (QED) is 0.503. The van der Waals surface area contributed by atoms with Gasteiger partial charge in [0.1, 0.15) is 17.7 Å². The summed E-state index contributed by atoms with van der Waals surface area (Å²) >= 11 is 0. The van der Waals surface area contributed by atoms with Crippen LogP contribution in [0.3, 0.4) is 0 Å². The van der Waals surface area contributed by atoms with E-state index in [2.05, 4.69) is 17.5 Å². The zero-order valence-electron chi connectivity index (χ0n) is 20.9. The summed E-state index contributed by atoms with van der Waals surface area (Å²) in [5, 5.41) is 7.95. The van der Waals surface area contributed by atoms with Crippen molar-refractivity contribution in [2.24, 2.45) is 0 Å². The Balaban J connectivity index is 1.64. The topological polar surface area (TPSA) is 67.2 Å². The summed E-state index contributed by atoms with van der Waals surface area (Å²) in [7, 11) is 0. The van der Waals surface area contributed by atoms with Crippen molar-refractivity contribution in [3.05, 3.63) is 94.4 Å². The number of amides is 2. The lowest BCUT2D eigenvalue weighted by molar-refractivity contribution is -0.121. The highest BCUT2D eigenvalue weighted by Gasteiger charge is 2.45. The normalized spacial score (nSPS) is 21.4. The molecule has 186 valence electrons. The molecule has 0 fully saturated rings. The fourth-order valence-corrected chi connectivity index (χ4v) is 5.51. The zero-order chi connectivity index (χ0) is 25.4. The number of allylic oxidation sites excluding steroid dienone is 2. The van der Waals surface area contributed by atoms with E-state index in [1.54, 1.807) is 29.2 Å². The van der Waals surface area contributed by atoms with E-state index in [1.807, 2.05) is 37.6 Å². The fourth-order valence-electron chi connectivity index (χ4n) is 5.51. The number of carbonyl (C=O) groups is 2. The second kappa shape index (κ2) is 9.72. The van der Waals surface area contributed by atoms with Crippen molar-refractivity contribution in [1.82, 2.24) is 15.1 Å². The molecule has 1 aromatic heterocycles. The van der Waals surface area contributed by atoms with Gasteiger partial charge < -0.3 is 5.32 Å². The molecule has 1 aliphatic carbocycles. The number of anilines is 1. The number of nitrogens with zero attached hydrogens (tertiary/aromatic N) is 3. The van der Waals surface area contributed by atoms with Crippen molar-refractivity contribution < 1.29 is 14.0 Å². The van der Waals surface area contributed by atoms with Crippen LogP contribution < -0.4 is 10.2 Å². The molecule has 2 amide bonds. The second-order valence-corrected chi connectivity index (χ2v) is 9.64. The molecule has 0 bridgehead atoms. The van der Waals surface area contributed by atoms with Crippen LogP contribution >= 0.6 is 0 Å². The van der Waals surface area contributed by atoms with E-state index in [1.165, 1.54) is 12.1 Å². The lowest BCUT2D eigenvalue weighted by Gasteiger charge is -2.39. The molecule has 7 heteroatoms. The first-order chi connectivity index (χ1) is 17.4. The number of fused-ring (bicyclic) bond motifs is 1. The highest BCUT2D eigenvalue weighted by molar-refractivity contribution is 6.05. The standard InChI is InChI=1S/C29H31FN4O2/c1-4-33-28-24(19(3)32-34(28)23-11-6-5-7-12-23)25(20-13-15-22(30)16-14-20)26(29(33)36)31-27(35)21-10-8-9-18(2)17-21/h5-6,8-10,13-17,23,25-26H,4,7,11-12H2,1-3H3,(H,31,35)/t23-,25+,26+/m1/s1. The summed E-state index contributed by atoms with van der Waals surface area (Å²) in [5.74, 6) is -0.551. The number of likely N-dealkylation sites (N-methyl/N-ethyl adjacent to an activating group) is 1. The van der Waals surface area contributed by atoms with E-state index in [9.17, 15) is 14.0 Å². The molecule has 2 heterocycles. The monoisotopic (exact) mass is 486 g/mol. The van der Waals surface area contributed by atoms with Crippen LogP contribution in [0, 0.1) is 19.7 Å². The van der Waals surface area contributed by atoms with Gasteiger partial charge in [-0.3, -0.25) is 14.5 Å². The predicted octanol–water partition coefficient (Wildman–Crippen LogP) is 5.22. The Morgan fingerprint density at radius 2 is 1.92 bits per heavy atom. The number of carbonyl (C=O) groups excluding carboxylic acids is 2. The molecule has 6 nitrogen and oxygen atoms in total. The van der Waals surface area contributed by atoms with Crippen LogP contribution in [0.4, 0.5) is 10.2 Å². The lowest BCUT2D eigenvalue weighted by atomic mass is 9.81. The molecule has 3 aromatic rings. The van der Waals surface area contributed by atoms with E-state index in [0.29, 0.717) is 12.1 Å². The van der Waals surface area contributed by atoms with Crippen molar-refractivity contribution in [3.8, 4) is 0 Å². The molecule has 0 unspecified atom stereocenters. The van der Waals surface area contributed by atoms with Gasteiger partial charge in [-0.25, -0.2) is 9.07 Å². The SMILES string of the molecule is CCN1C(=O)[C@@H](NC(=O)c2cccc(C)c2)[C@@H](c2ccc(F)cc2)c2c(C)nn([C@@H]3CC=CCC3)c21. The summed E-state index contributed by atoms with van der Waals surface area (Å²) in [6.07, 6.45) is 7.12. The van der Waals surface area contributed by atoms with E-state index in [0.717, 1.165) is 47.5 Å². The molecule has 2 aromatic carbocycles. The van der Waals surface area contributed by atoms with E-state index >= 15 is 0 Å². The summed E-state index contributed by atoms with van der Waals surface area (Å²) in [4.78, 5) is 29.1. The number of aryl methyl sites for hydroxylation is 2. The van der Waals surface area contributed by atoms with Crippen LogP contribution in [0.5, 0.6) is 0 Å². The highest BCUT2D eigenvalue weighted by atomic mass is 19.1. The minimum Gasteiger partial charge on any atom is -0.339 e. The summed E-state index contributed by atoms with van der Waals surface area (Å²) < 4.78 is 15.9. The maximum absolute atomic E-state index is 14.0. The molecule has 0 spiro atoms. The molecule has 0 saturated heterocycles. The molecule has 1 aliphatic heterocycles. The zero-order valence-corrected chi connectivity index (χ0v) is 20.9. The second-order valence-electron chi connectivity index (χ2n) is 9.64. The number of hydrogen-bond donors (Lipinski definition) is 1. The van der Waals surface area contributed by atoms with Gasteiger partial charge >= 0.3 is 0 Å². The average Bonchev–Trinajstić information content (AvgIpc) is 3.22. The molecule has 5 rings (SSSR count). The van der Waals surface area contributed by atoms with Gasteiger partial charge in [0.2, 0.25) is 0 Å². The van der Waals surface area contributed by atoms with Gasteiger partial charge in [-0.2, -0.15) is 5.10 Å². The van der Waals surface area contributed by atoms with Gasteiger partial charge in [0.15, 0.2) is 0 Å². The molecular formula is C29H31FN4O2. The Morgan fingerprint density at radius 1 is 1.14 bits per heavy atom. The molecule has 2 aliphatic rings.